The number of rotatable bonds is 10. The van der Waals surface area contributed by atoms with Gasteiger partial charge < -0.3 is 15.2 Å². The first-order valence-electron chi connectivity index (χ1n) is 11.8. The minimum atomic E-state index is -0.522. The number of hydrogen-bond acceptors (Lipinski definition) is 8. The molecule has 0 aliphatic rings. The second-order valence-corrected chi connectivity index (χ2v) is 11.4. The number of hydrazone groups is 1. The van der Waals surface area contributed by atoms with E-state index in [9.17, 15) is 9.90 Å². The quantitative estimate of drug-likeness (QED) is 0.0844. The highest BCUT2D eigenvalue weighted by Crippen LogP contribution is 2.34. The van der Waals surface area contributed by atoms with Crippen LogP contribution in [0.5, 0.6) is 11.5 Å². The van der Waals surface area contributed by atoms with Crippen molar-refractivity contribution < 1.29 is 14.6 Å². The minimum absolute atomic E-state index is 0.119. The van der Waals surface area contributed by atoms with E-state index in [0.717, 1.165) is 16.9 Å². The first kappa shape index (κ1) is 28.7. The van der Waals surface area contributed by atoms with E-state index in [-0.39, 0.29) is 22.4 Å². The van der Waals surface area contributed by atoms with E-state index >= 15 is 0 Å². The summed E-state index contributed by atoms with van der Waals surface area (Å²) in [5.74, 6) is 0.452. The molecule has 0 radical (unpaired) electrons. The van der Waals surface area contributed by atoms with Gasteiger partial charge in [0, 0.05) is 14.9 Å². The number of nitrogens with one attached hydrogen (secondary N) is 2. The Labute approximate surface area is 249 Å². The number of aryl methyl sites for hydroxylation is 1. The van der Waals surface area contributed by atoms with Crippen LogP contribution in [0.15, 0.2) is 70.9 Å². The molecular weight excluding hydrogens is 651 g/mol. The first-order valence-corrected chi connectivity index (χ1v) is 14.2. The summed E-state index contributed by atoms with van der Waals surface area (Å²) >= 11 is 9.59. The van der Waals surface area contributed by atoms with Crippen LogP contribution in [0.25, 0.3) is 5.69 Å². The van der Waals surface area contributed by atoms with Crippen LogP contribution in [-0.2, 0) is 11.3 Å². The zero-order chi connectivity index (χ0) is 27.9. The van der Waals surface area contributed by atoms with Gasteiger partial charge in [0.15, 0.2) is 22.5 Å². The summed E-state index contributed by atoms with van der Waals surface area (Å²) in [6.07, 6.45) is 1.42. The number of anilines is 1. The van der Waals surface area contributed by atoms with Crippen molar-refractivity contribution >= 4 is 63.8 Å². The van der Waals surface area contributed by atoms with Crippen molar-refractivity contribution in [3.63, 3.8) is 0 Å². The van der Waals surface area contributed by atoms with Crippen LogP contribution in [0.1, 0.15) is 23.9 Å². The van der Waals surface area contributed by atoms with Crippen LogP contribution >= 0.6 is 46.0 Å². The van der Waals surface area contributed by atoms with Crippen LogP contribution in [0.3, 0.4) is 0 Å². The minimum Gasteiger partial charge on any atom is -0.503 e. The Morgan fingerprint density at radius 3 is 2.72 bits per heavy atom. The smallest absolute Gasteiger partial charge is 0.253 e. The fourth-order valence-corrected chi connectivity index (χ4v) is 5.37. The fourth-order valence-electron chi connectivity index (χ4n) is 3.62. The number of para-hydroxylation sites is 1. The number of halogens is 2. The second-order valence-electron chi connectivity index (χ2n) is 8.43. The predicted molar refractivity (Wildman–Crippen MR) is 163 cm³/mol. The van der Waals surface area contributed by atoms with E-state index in [1.54, 1.807) is 13.0 Å². The largest absolute Gasteiger partial charge is 0.503 e. The lowest BCUT2D eigenvalue weighted by molar-refractivity contribution is -0.120. The van der Waals surface area contributed by atoms with Crippen molar-refractivity contribution in [2.75, 3.05) is 12.4 Å². The normalized spacial score (nSPS) is 11.9. The average Bonchev–Trinajstić information content (AvgIpc) is 3.32. The molecule has 0 bridgehead atoms. The van der Waals surface area contributed by atoms with Crippen molar-refractivity contribution in [2.45, 2.75) is 30.8 Å². The van der Waals surface area contributed by atoms with Gasteiger partial charge >= 0.3 is 0 Å². The van der Waals surface area contributed by atoms with Crippen molar-refractivity contribution in [1.82, 2.24) is 20.2 Å². The molecule has 12 heteroatoms. The maximum Gasteiger partial charge on any atom is 0.253 e. The summed E-state index contributed by atoms with van der Waals surface area (Å²) in [5.41, 5.74) is 6.15. The van der Waals surface area contributed by atoms with Crippen molar-refractivity contribution in [3.8, 4) is 17.2 Å². The third-order valence-corrected chi connectivity index (χ3v) is 7.65. The molecule has 1 unspecified atom stereocenters. The lowest BCUT2D eigenvalue weighted by Crippen LogP contribution is -2.27. The Morgan fingerprint density at radius 2 is 2.00 bits per heavy atom. The second kappa shape index (κ2) is 13.2. The summed E-state index contributed by atoms with van der Waals surface area (Å²) in [7, 11) is 1.42. The molecule has 1 atom stereocenters. The van der Waals surface area contributed by atoms with E-state index in [1.165, 1.54) is 34.7 Å². The molecule has 0 spiro atoms. The van der Waals surface area contributed by atoms with Gasteiger partial charge in [0.2, 0.25) is 0 Å². The van der Waals surface area contributed by atoms with Gasteiger partial charge in [-0.25, -0.2) is 5.43 Å². The number of ether oxygens (including phenoxy) is 1. The Kier molecular flexibility index (Phi) is 9.70. The highest BCUT2D eigenvalue weighted by atomic mass is 127. The molecule has 3 aromatic carbocycles. The van der Waals surface area contributed by atoms with Crippen LogP contribution in [0.4, 0.5) is 5.69 Å². The van der Waals surface area contributed by atoms with Gasteiger partial charge in [0.1, 0.15) is 0 Å². The van der Waals surface area contributed by atoms with Gasteiger partial charge in [-0.2, -0.15) is 5.10 Å². The zero-order valence-electron chi connectivity index (χ0n) is 21.4. The molecule has 1 amide bonds. The fraction of sp³-hybridized carbons (Fsp3) is 0.185. The summed E-state index contributed by atoms with van der Waals surface area (Å²) in [6, 6.07) is 19.1. The maximum absolute atomic E-state index is 12.8. The number of aromatic nitrogens is 3. The molecule has 0 fully saturated rings. The number of methoxy groups -OCH3 is 1. The molecule has 202 valence electrons. The number of phenols is 1. The molecule has 9 nitrogen and oxygen atoms in total. The van der Waals surface area contributed by atoms with E-state index < -0.39 is 5.25 Å². The number of aromatic hydroxyl groups is 1. The lowest BCUT2D eigenvalue weighted by Gasteiger charge is -2.14. The van der Waals surface area contributed by atoms with Gasteiger partial charge in [-0.3, -0.25) is 9.36 Å². The molecular formula is C27H26ClIN6O3S. The summed E-state index contributed by atoms with van der Waals surface area (Å²) in [6.45, 7) is 4.28. The number of benzene rings is 3. The number of phenolic OH excluding ortho intramolecular Hbond substituents is 1. The molecule has 4 aromatic rings. The number of hydrogen-bond donors (Lipinski definition) is 3. The molecule has 4 rings (SSSR count). The van der Waals surface area contributed by atoms with Crippen molar-refractivity contribution in [2.24, 2.45) is 5.10 Å². The molecule has 1 aromatic heterocycles. The molecule has 3 N–H and O–H groups in total. The van der Waals surface area contributed by atoms with Gasteiger partial charge in [-0.1, -0.05) is 41.6 Å². The third kappa shape index (κ3) is 7.22. The van der Waals surface area contributed by atoms with Crippen LogP contribution < -0.4 is 15.5 Å². The van der Waals surface area contributed by atoms with Crippen LogP contribution in [0, 0.1) is 10.5 Å². The summed E-state index contributed by atoms with van der Waals surface area (Å²) < 4.78 is 8.21. The molecule has 0 saturated carbocycles. The zero-order valence-corrected chi connectivity index (χ0v) is 25.1. The summed E-state index contributed by atoms with van der Waals surface area (Å²) in [4.78, 5) is 12.8. The molecule has 0 saturated heterocycles. The van der Waals surface area contributed by atoms with Crippen molar-refractivity contribution in [3.05, 3.63) is 86.2 Å². The molecule has 0 aliphatic heterocycles. The lowest BCUT2D eigenvalue weighted by atomic mass is 10.2. The average molecular weight is 677 g/mol. The van der Waals surface area contributed by atoms with Gasteiger partial charge in [-0.05, 0) is 90.0 Å². The number of nitrogens with zero attached hydrogens (tertiary/aromatic N) is 4. The Morgan fingerprint density at radius 1 is 1.23 bits per heavy atom. The van der Waals surface area contributed by atoms with E-state index in [1.807, 2.05) is 41.0 Å². The molecule has 0 aliphatic carbocycles. The van der Waals surface area contributed by atoms with E-state index in [0.29, 0.717) is 23.1 Å². The third-order valence-electron chi connectivity index (χ3n) is 5.65. The van der Waals surface area contributed by atoms with E-state index in [4.69, 9.17) is 16.3 Å². The van der Waals surface area contributed by atoms with Crippen LogP contribution in [-0.4, -0.2) is 44.4 Å². The number of amides is 1. The van der Waals surface area contributed by atoms with E-state index in [2.05, 4.69) is 67.7 Å². The number of carbonyl (C=O) groups excluding carboxylic acids is 1. The SMILES string of the molecule is COc1cc(C=NNC(=O)C(C)Sc2nnc(CNc3ccc(I)cc3C)n2-c2ccccc2)cc(Cl)c1O. The first-order chi connectivity index (χ1) is 18.8. The van der Waals surface area contributed by atoms with Gasteiger partial charge in [0.25, 0.3) is 5.91 Å². The van der Waals surface area contributed by atoms with Gasteiger partial charge in [0.05, 0.1) is 30.1 Å². The number of thioether (sulfide) groups is 1. The number of carbonyl (C=O) groups is 1. The summed E-state index contributed by atoms with van der Waals surface area (Å²) in [5, 5.41) is 26.3. The predicted octanol–water partition coefficient (Wildman–Crippen LogP) is 5.79. The Balaban J connectivity index is 1.48. The highest BCUT2D eigenvalue weighted by Gasteiger charge is 2.21. The van der Waals surface area contributed by atoms with Crippen LogP contribution in [0.2, 0.25) is 5.02 Å². The highest BCUT2D eigenvalue weighted by molar-refractivity contribution is 14.1. The Hall–Kier alpha value is -3.29. The Bertz CT molecular complexity index is 1500. The van der Waals surface area contributed by atoms with Crippen molar-refractivity contribution in [1.29, 1.82) is 0 Å². The van der Waals surface area contributed by atoms with Gasteiger partial charge in [-0.15, -0.1) is 10.2 Å². The monoisotopic (exact) mass is 676 g/mol. The molecule has 1 heterocycles. The topological polar surface area (TPSA) is 114 Å². The standard InChI is InChI=1S/C27H26ClIN6O3S/c1-16-11-19(29)9-10-22(16)30-15-24-32-34-27(35(24)20-7-5-4-6-8-20)39-17(2)26(37)33-31-14-18-12-21(28)25(36)23(13-18)38-3/h4-14,17,30,36H,15H2,1-3H3,(H,33,37). The molecule has 39 heavy (non-hydrogen) atoms. The maximum atomic E-state index is 12.8.